The number of likely N-dealkylation sites (tertiary alicyclic amines) is 2. The van der Waals surface area contributed by atoms with E-state index in [1.807, 2.05) is 12.4 Å². The van der Waals surface area contributed by atoms with Crippen molar-refractivity contribution >= 4 is 30.7 Å². The molecule has 2 N–H and O–H groups in total. The highest BCUT2D eigenvalue weighted by Crippen LogP contribution is 2.30. The van der Waals surface area contributed by atoms with Gasteiger partial charge in [-0.1, -0.05) is 0 Å². The number of hydrogen-bond acceptors (Lipinski definition) is 5. The molecule has 4 rings (SSSR count). The zero-order chi connectivity index (χ0) is 19.3. The van der Waals surface area contributed by atoms with Crippen molar-refractivity contribution < 1.29 is 9.53 Å². The number of halogens is 2. The van der Waals surface area contributed by atoms with E-state index in [9.17, 15) is 4.79 Å². The molecule has 30 heavy (non-hydrogen) atoms. The predicted molar refractivity (Wildman–Crippen MR) is 123 cm³/mol. The van der Waals surface area contributed by atoms with Crippen LogP contribution in [0.1, 0.15) is 50.0 Å². The van der Waals surface area contributed by atoms with Crippen LogP contribution in [0.25, 0.3) is 0 Å². The summed E-state index contributed by atoms with van der Waals surface area (Å²) >= 11 is 0. The van der Waals surface area contributed by atoms with Gasteiger partial charge in [-0.05, 0) is 62.1 Å². The van der Waals surface area contributed by atoms with Crippen molar-refractivity contribution in [1.82, 2.24) is 14.8 Å². The molecule has 0 aliphatic carbocycles. The van der Waals surface area contributed by atoms with Crippen molar-refractivity contribution in [3.8, 4) is 0 Å². The van der Waals surface area contributed by atoms with Gasteiger partial charge < -0.3 is 15.4 Å². The zero-order valence-corrected chi connectivity index (χ0v) is 19.3. The topological polar surface area (TPSA) is 71.7 Å². The monoisotopic (exact) mass is 458 g/mol. The highest BCUT2D eigenvalue weighted by molar-refractivity contribution is 5.85. The summed E-state index contributed by atoms with van der Waals surface area (Å²) in [4.78, 5) is 22.0. The van der Waals surface area contributed by atoms with E-state index in [2.05, 4.69) is 26.9 Å². The highest BCUT2D eigenvalue weighted by atomic mass is 35.5. The van der Waals surface area contributed by atoms with E-state index in [-0.39, 0.29) is 36.8 Å². The molecule has 0 saturated carbocycles. The Morgan fingerprint density at radius 2 is 1.63 bits per heavy atom. The fourth-order valence-corrected chi connectivity index (χ4v) is 5.13. The lowest BCUT2D eigenvalue weighted by Gasteiger charge is -2.37. The first-order valence-electron chi connectivity index (χ1n) is 11.0. The van der Waals surface area contributed by atoms with Gasteiger partial charge in [0.15, 0.2) is 0 Å². The summed E-state index contributed by atoms with van der Waals surface area (Å²) < 4.78 is 5.53. The molecule has 1 aromatic heterocycles. The van der Waals surface area contributed by atoms with Crippen molar-refractivity contribution in [2.75, 3.05) is 39.4 Å². The molecule has 4 heterocycles. The predicted octanol–water partition coefficient (Wildman–Crippen LogP) is 2.85. The van der Waals surface area contributed by atoms with Gasteiger partial charge in [0.05, 0.1) is 5.92 Å². The van der Waals surface area contributed by atoms with Crippen LogP contribution >= 0.6 is 24.8 Å². The van der Waals surface area contributed by atoms with Crippen LogP contribution in [0, 0.1) is 5.92 Å². The van der Waals surface area contributed by atoms with Crippen LogP contribution in [0.4, 0.5) is 0 Å². The average Bonchev–Trinajstić information content (AvgIpc) is 2.96. The van der Waals surface area contributed by atoms with E-state index in [1.165, 1.54) is 5.56 Å². The van der Waals surface area contributed by atoms with E-state index >= 15 is 0 Å². The van der Waals surface area contributed by atoms with Gasteiger partial charge >= 0.3 is 0 Å². The Morgan fingerprint density at radius 3 is 2.30 bits per heavy atom. The maximum Gasteiger partial charge on any atom is 0.226 e. The molecular weight excluding hydrogens is 423 g/mol. The second-order valence-electron chi connectivity index (χ2n) is 8.71. The van der Waals surface area contributed by atoms with Gasteiger partial charge in [0.1, 0.15) is 0 Å². The number of aromatic nitrogens is 1. The average molecular weight is 459 g/mol. The number of rotatable bonds is 3. The van der Waals surface area contributed by atoms with Crippen LogP contribution in [-0.2, 0) is 9.53 Å². The lowest BCUT2D eigenvalue weighted by Crippen LogP contribution is -2.48. The standard InChI is InChI=1S/C22H34N4O2.2ClH/c23-20-2-1-19(15-26(16-20)21-7-13-28-14-8-21)22(27)25-11-5-18(6-12-25)17-3-9-24-10-4-17;;/h3-4,9-10,18-21H,1-2,5-8,11-16,23H2;2*1H/t19-,20+;;/m1../s1. The minimum absolute atomic E-state index is 0. The van der Waals surface area contributed by atoms with Crippen molar-refractivity contribution in [2.45, 2.75) is 56.5 Å². The first-order chi connectivity index (χ1) is 13.7. The number of ether oxygens (including phenoxy) is 1. The number of carbonyl (C=O) groups excluding carboxylic acids is 1. The summed E-state index contributed by atoms with van der Waals surface area (Å²) in [6.45, 7) is 5.17. The Bertz CT molecular complexity index is 637. The molecule has 6 nitrogen and oxygen atoms in total. The van der Waals surface area contributed by atoms with Crippen LogP contribution in [-0.4, -0.2) is 72.2 Å². The van der Waals surface area contributed by atoms with E-state index in [0.717, 1.165) is 77.9 Å². The fraction of sp³-hybridized carbons (Fsp3) is 0.727. The minimum Gasteiger partial charge on any atom is -0.381 e. The van der Waals surface area contributed by atoms with Gasteiger partial charge in [-0.25, -0.2) is 0 Å². The molecule has 1 amide bonds. The molecule has 0 aromatic carbocycles. The number of piperidine rings is 1. The number of nitrogens with two attached hydrogens (primary N) is 1. The molecule has 0 radical (unpaired) electrons. The molecule has 3 saturated heterocycles. The van der Waals surface area contributed by atoms with Gasteiger partial charge in [0.25, 0.3) is 0 Å². The first kappa shape index (κ1) is 25.3. The quantitative estimate of drug-likeness (QED) is 0.753. The normalized spacial score (nSPS) is 26.9. The molecule has 8 heteroatoms. The van der Waals surface area contributed by atoms with Crippen molar-refractivity contribution in [1.29, 1.82) is 0 Å². The van der Waals surface area contributed by atoms with Gasteiger partial charge in [0, 0.05) is 63.9 Å². The van der Waals surface area contributed by atoms with Crippen molar-refractivity contribution in [3.05, 3.63) is 30.1 Å². The van der Waals surface area contributed by atoms with Crippen LogP contribution in [0.2, 0.25) is 0 Å². The van der Waals surface area contributed by atoms with Crippen molar-refractivity contribution in [2.24, 2.45) is 11.7 Å². The molecule has 1 aromatic rings. The van der Waals surface area contributed by atoms with Crippen LogP contribution in [0.3, 0.4) is 0 Å². The van der Waals surface area contributed by atoms with Crippen LogP contribution in [0.5, 0.6) is 0 Å². The summed E-state index contributed by atoms with van der Waals surface area (Å²) in [5, 5.41) is 0. The molecule has 3 aliphatic heterocycles. The Labute approximate surface area is 192 Å². The second kappa shape index (κ2) is 12.2. The van der Waals surface area contributed by atoms with Crippen molar-refractivity contribution in [3.63, 3.8) is 0 Å². The van der Waals surface area contributed by atoms with E-state index in [1.54, 1.807) is 0 Å². The largest absolute Gasteiger partial charge is 0.381 e. The lowest BCUT2D eigenvalue weighted by atomic mass is 9.89. The van der Waals surface area contributed by atoms with E-state index in [4.69, 9.17) is 10.5 Å². The van der Waals surface area contributed by atoms with Gasteiger partial charge in [-0.3, -0.25) is 14.7 Å². The minimum atomic E-state index is 0. The van der Waals surface area contributed by atoms with E-state index < -0.39 is 0 Å². The zero-order valence-electron chi connectivity index (χ0n) is 17.7. The number of hydrogen-bond donors (Lipinski definition) is 1. The number of amides is 1. The van der Waals surface area contributed by atoms with Gasteiger partial charge in [-0.2, -0.15) is 0 Å². The molecule has 0 spiro atoms. The maximum absolute atomic E-state index is 13.3. The summed E-state index contributed by atoms with van der Waals surface area (Å²) in [5.74, 6) is 0.988. The lowest BCUT2D eigenvalue weighted by molar-refractivity contribution is -0.137. The maximum atomic E-state index is 13.3. The van der Waals surface area contributed by atoms with Gasteiger partial charge in [0.2, 0.25) is 5.91 Å². The smallest absolute Gasteiger partial charge is 0.226 e. The number of carbonyl (C=O) groups is 1. The Balaban J connectivity index is 0.00000160. The first-order valence-corrected chi connectivity index (χ1v) is 11.0. The summed E-state index contributed by atoms with van der Waals surface area (Å²) in [5.41, 5.74) is 7.71. The Hall–Kier alpha value is -0.920. The molecular formula is C22H36Cl2N4O2. The summed E-state index contributed by atoms with van der Waals surface area (Å²) in [7, 11) is 0. The number of nitrogens with zero attached hydrogens (tertiary/aromatic N) is 3. The molecule has 0 bridgehead atoms. The molecule has 2 atom stereocenters. The number of pyridine rings is 1. The highest BCUT2D eigenvalue weighted by Gasteiger charge is 2.34. The molecule has 3 fully saturated rings. The van der Waals surface area contributed by atoms with Crippen LogP contribution < -0.4 is 5.73 Å². The SMILES string of the molecule is Cl.Cl.N[C@H]1CC[C@@H](C(=O)N2CCC(c3ccncc3)CC2)CN(C2CCOCC2)C1. The van der Waals surface area contributed by atoms with Crippen LogP contribution in [0.15, 0.2) is 24.5 Å². The third-order valence-corrected chi connectivity index (χ3v) is 6.85. The molecule has 0 unspecified atom stereocenters. The third kappa shape index (κ3) is 6.30. The molecule has 3 aliphatic rings. The Morgan fingerprint density at radius 1 is 0.967 bits per heavy atom. The Kier molecular flexibility index (Phi) is 10.3. The summed E-state index contributed by atoms with van der Waals surface area (Å²) in [6.07, 6.45) is 9.82. The van der Waals surface area contributed by atoms with Gasteiger partial charge in [-0.15, -0.1) is 24.8 Å². The summed E-state index contributed by atoms with van der Waals surface area (Å²) in [6, 6.07) is 4.92. The van der Waals surface area contributed by atoms with E-state index in [0.29, 0.717) is 17.9 Å². The second-order valence-corrected chi connectivity index (χ2v) is 8.71. The molecule has 170 valence electrons. The fourth-order valence-electron chi connectivity index (χ4n) is 5.13. The third-order valence-electron chi connectivity index (χ3n) is 6.85.